The molecule has 2 aliphatic rings. The minimum absolute atomic E-state index is 0.815. The molecule has 0 aromatic heterocycles. The Morgan fingerprint density at radius 2 is 2.05 bits per heavy atom. The molecule has 0 amide bonds. The first-order chi connectivity index (χ1) is 9.86. The summed E-state index contributed by atoms with van der Waals surface area (Å²) in [6, 6.07) is 9.22. The van der Waals surface area contributed by atoms with Crippen molar-refractivity contribution in [2.75, 3.05) is 39.8 Å². The third-order valence-corrected chi connectivity index (χ3v) is 4.81. The highest BCUT2D eigenvalue weighted by atomic mass is 16.5. The monoisotopic (exact) mass is 274 g/mol. The topological polar surface area (TPSA) is 15.7 Å². The number of ether oxygens (including phenoxy) is 1. The average Bonchev–Trinajstić information content (AvgIpc) is 2.53. The van der Waals surface area contributed by atoms with Gasteiger partial charge in [-0.1, -0.05) is 24.6 Å². The molecular weight excluding hydrogens is 248 g/mol. The van der Waals surface area contributed by atoms with Crippen LogP contribution < -0.4 is 4.74 Å². The quantitative estimate of drug-likeness (QED) is 0.838. The van der Waals surface area contributed by atoms with Crippen LogP contribution in [0.25, 0.3) is 0 Å². The van der Waals surface area contributed by atoms with E-state index in [1.165, 1.54) is 51.0 Å². The summed E-state index contributed by atoms with van der Waals surface area (Å²) in [5.74, 6) is 1.03. The Bertz CT molecular complexity index is 435. The Morgan fingerprint density at radius 1 is 1.15 bits per heavy atom. The molecule has 2 aliphatic heterocycles. The van der Waals surface area contributed by atoms with Crippen LogP contribution >= 0.6 is 0 Å². The van der Waals surface area contributed by atoms with Crippen molar-refractivity contribution in [3.8, 4) is 5.75 Å². The van der Waals surface area contributed by atoms with E-state index in [0.717, 1.165) is 24.8 Å². The van der Waals surface area contributed by atoms with Crippen LogP contribution in [0.3, 0.4) is 0 Å². The van der Waals surface area contributed by atoms with Gasteiger partial charge in [0.05, 0.1) is 7.11 Å². The first-order valence-electron chi connectivity index (χ1n) is 7.95. The standard InChI is InChI=1S/C17H26N2O/c1-20-17-8-3-2-6-15(17)9-11-18-12-13-19-10-5-4-7-16(19)14-18/h2-3,6,8,16H,4-5,7,9-14H2,1H3. The van der Waals surface area contributed by atoms with Gasteiger partial charge >= 0.3 is 0 Å². The van der Waals surface area contributed by atoms with Crippen molar-refractivity contribution in [3.05, 3.63) is 29.8 Å². The smallest absolute Gasteiger partial charge is 0.122 e. The maximum Gasteiger partial charge on any atom is 0.122 e. The first-order valence-corrected chi connectivity index (χ1v) is 7.95. The lowest BCUT2D eigenvalue weighted by atomic mass is 9.99. The molecule has 0 saturated carbocycles. The molecule has 0 radical (unpaired) electrons. The summed E-state index contributed by atoms with van der Waals surface area (Å²) >= 11 is 0. The van der Waals surface area contributed by atoms with Crippen LogP contribution in [0.5, 0.6) is 5.75 Å². The lowest BCUT2D eigenvalue weighted by molar-refractivity contribution is 0.0500. The van der Waals surface area contributed by atoms with E-state index in [-0.39, 0.29) is 0 Å². The van der Waals surface area contributed by atoms with Gasteiger partial charge in [-0.15, -0.1) is 0 Å². The summed E-state index contributed by atoms with van der Waals surface area (Å²) in [6.07, 6.45) is 5.31. The third kappa shape index (κ3) is 3.15. The zero-order valence-corrected chi connectivity index (χ0v) is 12.6. The number of rotatable bonds is 4. The largest absolute Gasteiger partial charge is 0.496 e. The van der Waals surface area contributed by atoms with Crippen LogP contribution in [0.4, 0.5) is 0 Å². The van der Waals surface area contributed by atoms with E-state index in [2.05, 4.69) is 28.0 Å². The van der Waals surface area contributed by atoms with Crippen molar-refractivity contribution in [1.82, 2.24) is 9.80 Å². The van der Waals surface area contributed by atoms with Crippen molar-refractivity contribution < 1.29 is 4.74 Å². The Kier molecular flexibility index (Phi) is 4.58. The summed E-state index contributed by atoms with van der Waals surface area (Å²) in [6.45, 7) is 6.23. The van der Waals surface area contributed by atoms with Crippen LogP contribution in [0.2, 0.25) is 0 Å². The number of methoxy groups -OCH3 is 1. The van der Waals surface area contributed by atoms with Crippen molar-refractivity contribution in [3.63, 3.8) is 0 Å². The van der Waals surface area contributed by atoms with Gasteiger partial charge in [0.2, 0.25) is 0 Å². The van der Waals surface area contributed by atoms with Gasteiger partial charge in [0.1, 0.15) is 5.75 Å². The molecule has 1 unspecified atom stereocenters. The summed E-state index contributed by atoms with van der Waals surface area (Å²) in [5.41, 5.74) is 1.33. The molecule has 2 fully saturated rings. The zero-order valence-electron chi connectivity index (χ0n) is 12.6. The highest BCUT2D eigenvalue weighted by Crippen LogP contribution is 2.22. The number of para-hydroxylation sites is 1. The van der Waals surface area contributed by atoms with Gasteiger partial charge in [-0.25, -0.2) is 0 Å². The SMILES string of the molecule is COc1ccccc1CCN1CCN2CCCCC2C1. The molecule has 2 heterocycles. The second kappa shape index (κ2) is 6.59. The Balaban J connectivity index is 1.53. The molecule has 0 aliphatic carbocycles. The predicted molar refractivity (Wildman–Crippen MR) is 82.4 cm³/mol. The number of benzene rings is 1. The molecular formula is C17H26N2O. The summed E-state index contributed by atoms with van der Waals surface area (Å²) in [4.78, 5) is 5.34. The number of hydrogen-bond acceptors (Lipinski definition) is 3. The van der Waals surface area contributed by atoms with Crippen LogP contribution in [-0.2, 0) is 6.42 Å². The maximum atomic E-state index is 5.44. The average molecular weight is 274 g/mol. The third-order valence-electron chi connectivity index (χ3n) is 4.81. The van der Waals surface area contributed by atoms with E-state index in [4.69, 9.17) is 4.74 Å². The van der Waals surface area contributed by atoms with E-state index >= 15 is 0 Å². The normalized spacial score (nSPS) is 24.4. The lowest BCUT2D eigenvalue weighted by Gasteiger charge is -2.44. The molecule has 110 valence electrons. The predicted octanol–water partition coefficient (Wildman–Crippen LogP) is 2.41. The number of fused-ring (bicyclic) bond motifs is 1. The van der Waals surface area contributed by atoms with Gasteiger partial charge in [0.15, 0.2) is 0 Å². The van der Waals surface area contributed by atoms with Gasteiger partial charge in [0, 0.05) is 32.2 Å². The number of nitrogens with zero attached hydrogens (tertiary/aromatic N) is 2. The molecule has 0 spiro atoms. The minimum Gasteiger partial charge on any atom is -0.496 e. The molecule has 3 nitrogen and oxygen atoms in total. The molecule has 20 heavy (non-hydrogen) atoms. The summed E-state index contributed by atoms with van der Waals surface area (Å²) < 4.78 is 5.44. The van der Waals surface area contributed by atoms with Gasteiger partial charge in [-0.05, 0) is 37.4 Å². The molecule has 1 aromatic rings. The van der Waals surface area contributed by atoms with E-state index in [0.29, 0.717) is 0 Å². The van der Waals surface area contributed by atoms with Gasteiger partial charge in [-0.2, -0.15) is 0 Å². The maximum absolute atomic E-state index is 5.44. The number of piperazine rings is 1. The minimum atomic E-state index is 0.815. The molecule has 3 rings (SSSR count). The molecule has 2 saturated heterocycles. The van der Waals surface area contributed by atoms with Crippen LogP contribution in [-0.4, -0.2) is 55.7 Å². The molecule has 1 atom stereocenters. The molecule has 1 aromatic carbocycles. The van der Waals surface area contributed by atoms with E-state index in [1.807, 2.05) is 6.07 Å². The van der Waals surface area contributed by atoms with Gasteiger partial charge in [0.25, 0.3) is 0 Å². The Labute approximate surface area is 122 Å². The Morgan fingerprint density at radius 3 is 2.95 bits per heavy atom. The van der Waals surface area contributed by atoms with Crippen molar-refractivity contribution in [1.29, 1.82) is 0 Å². The number of piperidine rings is 1. The molecule has 3 heteroatoms. The molecule has 0 N–H and O–H groups in total. The highest BCUT2D eigenvalue weighted by Gasteiger charge is 2.28. The fourth-order valence-electron chi connectivity index (χ4n) is 3.61. The summed E-state index contributed by atoms with van der Waals surface area (Å²) in [5, 5.41) is 0. The van der Waals surface area contributed by atoms with E-state index < -0.39 is 0 Å². The second-order valence-corrected chi connectivity index (χ2v) is 6.05. The van der Waals surface area contributed by atoms with Crippen molar-refractivity contribution in [2.45, 2.75) is 31.7 Å². The van der Waals surface area contributed by atoms with Crippen molar-refractivity contribution >= 4 is 0 Å². The highest BCUT2D eigenvalue weighted by molar-refractivity contribution is 5.33. The first kappa shape index (κ1) is 13.9. The fraction of sp³-hybridized carbons (Fsp3) is 0.647. The Hall–Kier alpha value is -1.06. The van der Waals surface area contributed by atoms with E-state index in [1.54, 1.807) is 7.11 Å². The van der Waals surface area contributed by atoms with Crippen LogP contribution in [0, 0.1) is 0 Å². The zero-order chi connectivity index (χ0) is 13.8. The van der Waals surface area contributed by atoms with Gasteiger partial charge < -0.3 is 9.64 Å². The van der Waals surface area contributed by atoms with Gasteiger partial charge in [-0.3, -0.25) is 4.90 Å². The second-order valence-electron chi connectivity index (χ2n) is 6.05. The number of hydrogen-bond donors (Lipinski definition) is 0. The fourth-order valence-corrected chi connectivity index (χ4v) is 3.61. The van der Waals surface area contributed by atoms with Crippen LogP contribution in [0.15, 0.2) is 24.3 Å². The van der Waals surface area contributed by atoms with E-state index in [9.17, 15) is 0 Å². The van der Waals surface area contributed by atoms with Crippen LogP contribution in [0.1, 0.15) is 24.8 Å². The van der Waals surface area contributed by atoms with Crippen molar-refractivity contribution in [2.24, 2.45) is 0 Å². The lowest BCUT2D eigenvalue weighted by Crippen LogP contribution is -2.55. The summed E-state index contributed by atoms with van der Waals surface area (Å²) in [7, 11) is 1.76. The molecule has 0 bridgehead atoms.